The van der Waals surface area contributed by atoms with Crippen molar-refractivity contribution in [2.24, 2.45) is 5.41 Å². The van der Waals surface area contributed by atoms with E-state index in [9.17, 15) is 0 Å². The first-order chi connectivity index (χ1) is 7.92. The molecule has 2 heteroatoms. The first-order valence-electron chi connectivity index (χ1n) is 6.22. The molecule has 1 N–H and O–H groups in total. The topological polar surface area (TPSA) is 12.0 Å². The second-order valence-corrected chi connectivity index (χ2v) is 6.63. The van der Waals surface area contributed by atoms with Gasteiger partial charge in [-0.2, -0.15) is 0 Å². The molecule has 0 aliphatic heterocycles. The molecular weight excluding hydrogens is 226 g/mol. The van der Waals surface area contributed by atoms with E-state index in [-0.39, 0.29) is 5.41 Å². The van der Waals surface area contributed by atoms with E-state index in [1.807, 2.05) is 11.3 Å². The van der Waals surface area contributed by atoms with E-state index in [2.05, 4.69) is 63.9 Å². The van der Waals surface area contributed by atoms with E-state index < -0.39 is 0 Å². The summed E-state index contributed by atoms with van der Waals surface area (Å²) in [6.45, 7) is 11.7. The molecule has 0 radical (unpaired) electrons. The Bertz CT molecular complexity index is 401. The molecule has 0 saturated carbocycles. The quantitative estimate of drug-likeness (QED) is 0.791. The molecule has 1 aromatic rings. The average molecular weight is 249 g/mol. The van der Waals surface area contributed by atoms with E-state index in [1.54, 1.807) is 0 Å². The third-order valence-electron chi connectivity index (χ3n) is 2.32. The summed E-state index contributed by atoms with van der Waals surface area (Å²) in [5.74, 6) is 6.61. The van der Waals surface area contributed by atoms with Gasteiger partial charge in [-0.15, -0.1) is 17.3 Å². The lowest BCUT2D eigenvalue weighted by Gasteiger charge is -2.14. The summed E-state index contributed by atoms with van der Waals surface area (Å²) >= 11 is 1.86. The number of aryl methyl sites for hydroxylation is 1. The van der Waals surface area contributed by atoms with Crippen molar-refractivity contribution in [3.63, 3.8) is 0 Å². The van der Waals surface area contributed by atoms with Crippen molar-refractivity contribution in [3.05, 3.63) is 21.9 Å². The van der Waals surface area contributed by atoms with Gasteiger partial charge in [-0.05, 0) is 46.4 Å². The second kappa shape index (κ2) is 6.23. The van der Waals surface area contributed by atoms with E-state index in [0.29, 0.717) is 6.04 Å². The van der Waals surface area contributed by atoms with Crippen LogP contribution in [0.4, 0.5) is 0 Å². The lowest BCUT2D eigenvalue weighted by Crippen LogP contribution is -2.19. The maximum absolute atomic E-state index is 3.51. The second-order valence-electron chi connectivity index (χ2n) is 5.31. The highest BCUT2D eigenvalue weighted by Crippen LogP contribution is 2.25. The molecule has 1 unspecified atom stereocenters. The minimum atomic E-state index is 0.0993. The molecule has 0 aliphatic rings. The summed E-state index contributed by atoms with van der Waals surface area (Å²) in [4.78, 5) is 2.76. The first kappa shape index (κ1) is 14.3. The molecule has 1 aromatic heterocycles. The molecule has 1 heterocycles. The van der Waals surface area contributed by atoms with Gasteiger partial charge < -0.3 is 5.32 Å². The summed E-state index contributed by atoms with van der Waals surface area (Å²) in [6.07, 6.45) is 0.894. The van der Waals surface area contributed by atoms with Gasteiger partial charge in [0.15, 0.2) is 0 Å². The minimum Gasteiger partial charge on any atom is -0.309 e. The number of nitrogens with one attached hydrogen (secondary N) is 1. The maximum atomic E-state index is 3.51. The van der Waals surface area contributed by atoms with E-state index >= 15 is 0 Å². The number of hydrogen-bond donors (Lipinski definition) is 1. The summed E-state index contributed by atoms with van der Waals surface area (Å²) in [5.41, 5.74) is 0.0993. The average Bonchev–Trinajstić information content (AvgIpc) is 2.62. The van der Waals surface area contributed by atoms with Gasteiger partial charge in [-0.25, -0.2) is 0 Å². The smallest absolute Gasteiger partial charge is 0.0525 e. The summed E-state index contributed by atoms with van der Waals surface area (Å²) in [5, 5.41) is 3.51. The van der Waals surface area contributed by atoms with Gasteiger partial charge in [-0.1, -0.05) is 12.8 Å². The fourth-order valence-corrected chi connectivity index (χ4v) is 2.53. The molecule has 0 spiro atoms. The standard InChI is InChI=1S/C15H23NS/c1-6-16-13(8-7-11-15(3,4)5)14-10-9-12(2)17-14/h9-10,13,16H,6,8H2,1-5H3. The zero-order chi connectivity index (χ0) is 12.9. The van der Waals surface area contributed by atoms with Crippen molar-refractivity contribution < 1.29 is 0 Å². The highest BCUT2D eigenvalue weighted by atomic mass is 32.1. The molecule has 0 amide bonds. The van der Waals surface area contributed by atoms with Crippen LogP contribution in [0, 0.1) is 24.2 Å². The van der Waals surface area contributed by atoms with Gasteiger partial charge in [-0.3, -0.25) is 0 Å². The summed E-state index contributed by atoms with van der Waals surface area (Å²) < 4.78 is 0. The summed E-state index contributed by atoms with van der Waals surface area (Å²) in [6, 6.07) is 4.78. The predicted molar refractivity (Wildman–Crippen MR) is 77.3 cm³/mol. The fourth-order valence-electron chi connectivity index (χ4n) is 1.58. The molecule has 0 fully saturated rings. The summed E-state index contributed by atoms with van der Waals surface area (Å²) in [7, 11) is 0. The van der Waals surface area contributed by atoms with Crippen molar-refractivity contribution in [2.75, 3.05) is 6.54 Å². The SMILES string of the molecule is CCNC(CC#CC(C)(C)C)c1ccc(C)s1. The fraction of sp³-hybridized carbons (Fsp3) is 0.600. The zero-order valence-corrected chi connectivity index (χ0v) is 12.4. The maximum Gasteiger partial charge on any atom is 0.0525 e. The predicted octanol–water partition coefficient (Wildman–Crippen LogP) is 4.15. The van der Waals surface area contributed by atoms with Crippen molar-refractivity contribution in [1.29, 1.82) is 0 Å². The third-order valence-corrected chi connectivity index (χ3v) is 3.44. The number of rotatable bonds is 4. The Labute approximate surface area is 110 Å². The van der Waals surface area contributed by atoms with E-state index in [4.69, 9.17) is 0 Å². The Morgan fingerprint density at radius 1 is 1.35 bits per heavy atom. The third kappa shape index (κ3) is 5.39. The molecule has 0 bridgehead atoms. The van der Waals surface area contributed by atoms with Crippen molar-refractivity contribution in [3.8, 4) is 11.8 Å². The van der Waals surface area contributed by atoms with Gasteiger partial charge in [0.1, 0.15) is 0 Å². The van der Waals surface area contributed by atoms with Crippen molar-refractivity contribution >= 4 is 11.3 Å². The number of hydrogen-bond acceptors (Lipinski definition) is 2. The Kier molecular flexibility index (Phi) is 5.24. The molecular formula is C15H23NS. The Balaban J connectivity index is 2.70. The highest BCUT2D eigenvalue weighted by Gasteiger charge is 2.11. The van der Waals surface area contributed by atoms with Gasteiger partial charge in [0.25, 0.3) is 0 Å². The molecule has 0 aliphatic carbocycles. The van der Waals surface area contributed by atoms with Crippen LogP contribution in [0.3, 0.4) is 0 Å². The van der Waals surface area contributed by atoms with Gasteiger partial charge >= 0.3 is 0 Å². The highest BCUT2D eigenvalue weighted by molar-refractivity contribution is 7.12. The number of thiophene rings is 1. The van der Waals surface area contributed by atoms with Crippen LogP contribution in [0.5, 0.6) is 0 Å². The van der Waals surface area contributed by atoms with E-state index in [1.165, 1.54) is 9.75 Å². The van der Waals surface area contributed by atoms with Crippen molar-refractivity contribution in [2.45, 2.75) is 47.1 Å². The molecule has 17 heavy (non-hydrogen) atoms. The van der Waals surface area contributed by atoms with Gasteiger partial charge in [0.05, 0.1) is 6.04 Å². The van der Waals surface area contributed by atoms with Crippen LogP contribution in [0.15, 0.2) is 12.1 Å². The van der Waals surface area contributed by atoms with Gasteiger partial charge in [0.2, 0.25) is 0 Å². The van der Waals surface area contributed by atoms with Crippen LogP contribution in [0.25, 0.3) is 0 Å². The normalized spacial score (nSPS) is 13.0. The Morgan fingerprint density at radius 2 is 2.06 bits per heavy atom. The molecule has 1 nitrogen and oxygen atoms in total. The van der Waals surface area contributed by atoms with Crippen LogP contribution in [-0.2, 0) is 0 Å². The van der Waals surface area contributed by atoms with Crippen LogP contribution in [-0.4, -0.2) is 6.54 Å². The lowest BCUT2D eigenvalue weighted by atomic mass is 9.97. The molecule has 0 saturated heterocycles. The van der Waals surface area contributed by atoms with E-state index in [0.717, 1.165) is 13.0 Å². The van der Waals surface area contributed by atoms with Crippen molar-refractivity contribution in [1.82, 2.24) is 5.32 Å². The first-order valence-corrected chi connectivity index (χ1v) is 7.04. The minimum absolute atomic E-state index is 0.0993. The Morgan fingerprint density at radius 3 is 2.53 bits per heavy atom. The molecule has 1 atom stereocenters. The molecule has 1 rings (SSSR count). The largest absolute Gasteiger partial charge is 0.309 e. The van der Waals surface area contributed by atoms with Gasteiger partial charge in [0, 0.05) is 21.6 Å². The molecule has 94 valence electrons. The monoisotopic (exact) mass is 249 g/mol. The Hall–Kier alpha value is -0.780. The van der Waals surface area contributed by atoms with Crippen LogP contribution in [0.1, 0.15) is 49.9 Å². The lowest BCUT2D eigenvalue weighted by molar-refractivity contribution is 0.559. The molecule has 0 aromatic carbocycles. The van der Waals surface area contributed by atoms with Crippen LogP contribution < -0.4 is 5.32 Å². The van der Waals surface area contributed by atoms with Crippen LogP contribution >= 0.6 is 11.3 Å². The zero-order valence-electron chi connectivity index (χ0n) is 11.6. The van der Waals surface area contributed by atoms with Crippen LogP contribution in [0.2, 0.25) is 0 Å².